The largest absolute Gasteiger partial charge is 0.497 e. The number of carbonyl (C=O) groups excluding carboxylic acids is 3. The quantitative estimate of drug-likeness (QED) is 0.436. The summed E-state index contributed by atoms with van der Waals surface area (Å²) in [7, 11) is 3.07. The molecule has 42 heavy (non-hydrogen) atoms. The zero-order chi connectivity index (χ0) is 29.6. The van der Waals surface area contributed by atoms with Gasteiger partial charge in [-0.1, -0.05) is 55.7 Å². The zero-order valence-electron chi connectivity index (χ0n) is 24.0. The summed E-state index contributed by atoms with van der Waals surface area (Å²) in [4.78, 5) is 43.6. The number of amides is 3. The van der Waals surface area contributed by atoms with Crippen LogP contribution in [0.3, 0.4) is 0 Å². The van der Waals surface area contributed by atoms with Crippen molar-refractivity contribution in [3.63, 3.8) is 0 Å². The highest BCUT2D eigenvalue weighted by atomic mass is 35.5. The highest BCUT2D eigenvalue weighted by Gasteiger charge is 2.68. The van der Waals surface area contributed by atoms with E-state index in [1.807, 2.05) is 12.2 Å². The molecule has 7 atom stereocenters. The first-order chi connectivity index (χ1) is 20.2. The summed E-state index contributed by atoms with van der Waals surface area (Å²) in [6.45, 7) is 2.32. The van der Waals surface area contributed by atoms with E-state index in [9.17, 15) is 14.4 Å². The highest BCUT2D eigenvalue weighted by Crippen LogP contribution is 2.53. The van der Waals surface area contributed by atoms with E-state index < -0.39 is 29.6 Å². The van der Waals surface area contributed by atoms with Crippen molar-refractivity contribution in [3.05, 3.63) is 65.2 Å². The summed E-state index contributed by atoms with van der Waals surface area (Å²) in [5.74, 6) is -0.986. The van der Waals surface area contributed by atoms with Crippen molar-refractivity contribution in [2.75, 3.05) is 26.1 Å². The second-order valence-electron chi connectivity index (χ2n) is 11.8. The SMILES string of the molecule is COc1cc(NC(=O)C2[C@@H]3C=CC4(CN(C(C(=O)NC5CCCCC5C)c5ccc(Cl)cc5)C(=O)[C@H]24)O3)cc(OC)c1. The van der Waals surface area contributed by atoms with Gasteiger partial charge in [0.25, 0.3) is 0 Å². The summed E-state index contributed by atoms with van der Waals surface area (Å²) in [6.07, 6.45) is 7.37. The lowest BCUT2D eigenvalue weighted by Gasteiger charge is -2.34. The second kappa shape index (κ2) is 11.3. The summed E-state index contributed by atoms with van der Waals surface area (Å²) < 4.78 is 17.0. The number of carbonyl (C=O) groups is 3. The van der Waals surface area contributed by atoms with Gasteiger partial charge in [0, 0.05) is 35.0 Å². The van der Waals surface area contributed by atoms with Crippen LogP contribution < -0.4 is 20.1 Å². The van der Waals surface area contributed by atoms with Crippen LogP contribution in [0.5, 0.6) is 11.5 Å². The number of halogens is 1. The van der Waals surface area contributed by atoms with Crippen molar-refractivity contribution in [1.82, 2.24) is 10.2 Å². The maximum absolute atomic E-state index is 14.3. The number of methoxy groups -OCH3 is 2. The molecule has 1 aliphatic carbocycles. The lowest BCUT2D eigenvalue weighted by Crippen LogP contribution is -2.49. The van der Waals surface area contributed by atoms with Crippen LogP contribution in [-0.2, 0) is 19.1 Å². The first-order valence-electron chi connectivity index (χ1n) is 14.5. The Hall–Kier alpha value is -3.56. The van der Waals surface area contributed by atoms with Crippen LogP contribution in [0.15, 0.2) is 54.6 Å². The van der Waals surface area contributed by atoms with Crippen molar-refractivity contribution in [1.29, 1.82) is 0 Å². The molecule has 2 aromatic carbocycles. The van der Waals surface area contributed by atoms with E-state index in [-0.39, 0.29) is 30.3 Å². The average molecular weight is 594 g/mol. The number of likely N-dealkylation sites (tertiary alicyclic amines) is 1. The number of hydrogen-bond acceptors (Lipinski definition) is 6. The van der Waals surface area contributed by atoms with Crippen LogP contribution in [0.1, 0.15) is 44.2 Å². The molecule has 2 N–H and O–H groups in total. The van der Waals surface area contributed by atoms with Gasteiger partial charge in [-0.15, -0.1) is 0 Å². The molecule has 222 valence electrons. The number of fused-ring (bicyclic) bond motifs is 1. The van der Waals surface area contributed by atoms with Gasteiger partial charge in [-0.3, -0.25) is 14.4 Å². The van der Waals surface area contributed by atoms with Crippen LogP contribution in [-0.4, -0.2) is 61.1 Å². The number of anilines is 1. The van der Waals surface area contributed by atoms with E-state index in [2.05, 4.69) is 17.6 Å². The third kappa shape index (κ3) is 5.02. The maximum atomic E-state index is 14.3. The fraction of sp³-hybridized carbons (Fsp3) is 0.469. The Labute approximate surface area is 250 Å². The number of hydrogen-bond donors (Lipinski definition) is 2. The van der Waals surface area contributed by atoms with Crippen LogP contribution in [0, 0.1) is 17.8 Å². The molecule has 0 radical (unpaired) electrons. The van der Waals surface area contributed by atoms with Gasteiger partial charge in [-0.25, -0.2) is 0 Å². The Morgan fingerprint density at radius 2 is 1.76 bits per heavy atom. The van der Waals surface area contributed by atoms with Crippen molar-refractivity contribution >= 4 is 35.0 Å². The number of ether oxygens (including phenoxy) is 3. The molecule has 5 unspecified atom stereocenters. The average Bonchev–Trinajstić information content (AvgIpc) is 3.63. The minimum absolute atomic E-state index is 0.0433. The summed E-state index contributed by atoms with van der Waals surface area (Å²) >= 11 is 6.18. The lowest BCUT2D eigenvalue weighted by molar-refractivity contribution is -0.142. The number of nitrogens with zero attached hydrogens (tertiary/aromatic N) is 1. The van der Waals surface area contributed by atoms with E-state index >= 15 is 0 Å². The minimum atomic E-state index is -0.987. The van der Waals surface area contributed by atoms with Gasteiger partial charge in [-0.05, 0) is 36.5 Å². The molecule has 10 heteroatoms. The molecule has 0 aromatic heterocycles. The monoisotopic (exact) mass is 593 g/mol. The van der Waals surface area contributed by atoms with Gasteiger partial charge in [0.1, 0.15) is 23.1 Å². The van der Waals surface area contributed by atoms with Gasteiger partial charge in [0.15, 0.2) is 0 Å². The Kier molecular flexibility index (Phi) is 7.66. The van der Waals surface area contributed by atoms with Crippen LogP contribution in [0.25, 0.3) is 0 Å². The molecule has 2 saturated heterocycles. The molecule has 1 spiro atoms. The molecule has 2 aromatic rings. The predicted molar refractivity (Wildman–Crippen MR) is 157 cm³/mol. The first-order valence-corrected chi connectivity index (χ1v) is 14.9. The maximum Gasteiger partial charge on any atom is 0.247 e. The molecule has 1 saturated carbocycles. The molecule has 9 nitrogen and oxygen atoms in total. The fourth-order valence-corrected chi connectivity index (χ4v) is 7.19. The Bertz CT molecular complexity index is 1390. The fourth-order valence-electron chi connectivity index (χ4n) is 7.06. The van der Waals surface area contributed by atoms with E-state index in [0.29, 0.717) is 33.7 Å². The van der Waals surface area contributed by atoms with Crippen molar-refractivity contribution in [2.45, 2.75) is 56.4 Å². The third-order valence-electron chi connectivity index (χ3n) is 9.24. The summed E-state index contributed by atoms with van der Waals surface area (Å²) in [6, 6.07) is 11.3. The number of nitrogens with one attached hydrogen (secondary N) is 2. The molecular weight excluding hydrogens is 558 g/mol. The smallest absolute Gasteiger partial charge is 0.247 e. The van der Waals surface area contributed by atoms with Gasteiger partial charge < -0.3 is 29.7 Å². The van der Waals surface area contributed by atoms with Gasteiger partial charge >= 0.3 is 0 Å². The molecular formula is C32H36ClN3O6. The van der Waals surface area contributed by atoms with Crippen molar-refractivity contribution in [3.8, 4) is 11.5 Å². The molecule has 3 aliphatic heterocycles. The minimum Gasteiger partial charge on any atom is -0.497 e. The Morgan fingerprint density at radius 3 is 2.43 bits per heavy atom. The highest BCUT2D eigenvalue weighted by molar-refractivity contribution is 6.30. The van der Waals surface area contributed by atoms with Crippen LogP contribution >= 0.6 is 11.6 Å². The second-order valence-corrected chi connectivity index (χ2v) is 12.2. The Balaban J connectivity index is 1.29. The van der Waals surface area contributed by atoms with E-state index in [1.165, 1.54) is 14.2 Å². The topological polar surface area (TPSA) is 106 Å². The van der Waals surface area contributed by atoms with E-state index in [0.717, 1.165) is 25.7 Å². The van der Waals surface area contributed by atoms with Gasteiger partial charge in [0.2, 0.25) is 17.7 Å². The normalized spacial score (nSPS) is 30.1. The zero-order valence-corrected chi connectivity index (χ0v) is 24.7. The molecule has 6 rings (SSSR count). The summed E-state index contributed by atoms with van der Waals surface area (Å²) in [5.41, 5.74) is 0.159. The van der Waals surface area contributed by atoms with Crippen LogP contribution in [0.2, 0.25) is 5.02 Å². The molecule has 4 aliphatic rings. The first kappa shape index (κ1) is 28.6. The van der Waals surface area contributed by atoms with Crippen LogP contribution in [0.4, 0.5) is 5.69 Å². The standard InChI is InChI=1S/C32H36ClN3O6/c1-18-6-4-5-7-24(18)35-30(38)28(19-8-10-20(33)11-9-19)36-17-32-13-12-25(42-32)26(27(32)31(36)39)29(37)34-21-14-22(40-2)16-23(15-21)41-3/h8-16,18,24-28H,4-7,17H2,1-3H3,(H,34,37)(H,35,38)/t18?,24?,25-,26?,27-,28?,32?/m0/s1. The summed E-state index contributed by atoms with van der Waals surface area (Å²) in [5, 5.41) is 6.72. The molecule has 3 fully saturated rings. The van der Waals surface area contributed by atoms with Gasteiger partial charge in [-0.2, -0.15) is 0 Å². The van der Waals surface area contributed by atoms with Gasteiger partial charge in [0.05, 0.1) is 38.7 Å². The molecule has 3 heterocycles. The lowest BCUT2D eigenvalue weighted by atomic mass is 9.76. The van der Waals surface area contributed by atoms with E-state index in [1.54, 1.807) is 47.4 Å². The van der Waals surface area contributed by atoms with Crippen molar-refractivity contribution in [2.24, 2.45) is 17.8 Å². The molecule has 2 bridgehead atoms. The predicted octanol–water partition coefficient (Wildman–Crippen LogP) is 4.51. The van der Waals surface area contributed by atoms with E-state index in [4.69, 9.17) is 25.8 Å². The Morgan fingerprint density at radius 1 is 1.07 bits per heavy atom. The third-order valence-corrected chi connectivity index (χ3v) is 9.49. The number of rotatable bonds is 8. The number of benzene rings is 2. The van der Waals surface area contributed by atoms with Crippen molar-refractivity contribution < 1.29 is 28.6 Å². The molecule has 3 amide bonds.